The predicted octanol–water partition coefficient (Wildman–Crippen LogP) is 1.35. The van der Waals surface area contributed by atoms with Crippen molar-refractivity contribution in [3.8, 4) is 0 Å². The third-order valence-corrected chi connectivity index (χ3v) is 3.74. The molecular weight excluding hydrogens is 163 g/mol. The van der Waals surface area contributed by atoms with Gasteiger partial charge in [0, 0.05) is 0 Å². The van der Waals surface area contributed by atoms with Gasteiger partial charge in [-0.1, -0.05) is 0 Å². The van der Waals surface area contributed by atoms with Crippen molar-refractivity contribution in [3.63, 3.8) is 0 Å². The van der Waals surface area contributed by atoms with Crippen LogP contribution in [0.3, 0.4) is 0 Å². The zero-order valence-electron chi connectivity index (χ0n) is 3.77. The topological polar surface area (TPSA) is 27.7 Å². The first-order valence-corrected chi connectivity index (χ1v) is 4.96. The van der Waals surface area contributed by atoms with Crippen molar-refractivity contribution in [3.05, 3.63) is 0 Å². The van der Waals surface area contributed by atoms with Gasteiger partial charge in [-0.25, -0.2) is 0 Å². The summed E-state index contributed by atoms with van der Waals surface area (Å²) in [5.74, 6) is 0. The Morgan fingerprint density at radius 1 is 1.12 bits per heavy atom. The van der Waals surface area contributed by atoms with Crippen LogP contribution in [0.15, 0.2) is 0 Å². The molecule has 1 heterocycles. The SMILES string of the molecule is [B]P1OPOP([B])O1. The second kappa shape index (κ2) is 3.46. The van der Waals surface area contributed by atoms with Gasteiger partial charge in [0.1, 0.15) is 16.5 Å². The first-order valence-electron chi connectivity index (χ1n) is 1.65. The van der Waals surface area contributed by atoms with E-state index in [0.717, 1.165) is 0 Å². The molecule has 0 aromatic rings. The van der Waals surface area contributed by atoms with E-state index in [1.807, 2.05) is 0 Å². The maximum atomic E-state index is 5.21. The third-order valence-electron chi connectivity index (χ3n) is 0.415. The Labute approximate surface area is 54.4 Å². The number of rotatable bonds is 0. The van der Waals surface area contributed by atoms with E-state index >= 15 is 0 Å². The van der Waals surface area contributed by atoms with Crippen molar-refractivity contribution in [1.82, 2.24) is 0 Å². The van der Waals surface area contributed by atoms with E-state index in [4.69, 9.17) is 28.1 Å². The lowest BCUT2D eigenvalue weighted by molar-refractivity contribution is 0.456. The fraction of sp³-hybridized carbons (Fsp3) is 0. The zero-order chi connectivity index (χ0) is 5.98. The van der Waals surface area contributed by atoms with Gasteiger partial charge in [-0.15, -0.1) is 0 Å². The van der Waals surface area contributed by atoms with Crippen LogP contribution in [-0.4, -0.2) is 15.1 Å². The standard InChI is InChI=1S/B2HO3P3/c1-7-3-6-4-8(2)5-7/h6H. The highest BCUT2D eigenvalue weighted by Gasteiger charge is 2.15. The van der Waals surface area contributed by atoms with Gasteiger partial charge in [0.05, 0.1) is 0 Å². The summed E-state index contributed by atoms with van der Waals surface area (Å²) in [6.07, 6.45) is 0. The van der Waals surface area contributed by atoms with E-state index in [1.54, 1.807) is 0 Å². The monoisotopic (exact) mass is 164 g/mol. The first-order chi connectivity index (χ1) is 3.79. The summed E-state index contributed by atoms with van der Waals surface area (Å²) in [5, 5.41) is 0. The third kappa shape index (κ3) is 2.27. The molecule has 0 N–H and O–H groups in total. The summed E-state index contributed by atoms with van der Waals surface area (Å²) in [6.45, 7) is 0. The molecule has 0 amide bonds. The van der Waals surface area contributed by atoms with Gasteiger partial charge in [-0.2, -0.15) is 0 Å². The van der Waals surface area contributed by atoms with Crippen molar-refractivity contribution in [2.75, 3.05) is 0 Å². The Morgan fingerprint density at radius 2 is 1.62 bits per heavy atom. The minimum absolute atomic E-state index is 0.0550. The van der Waals surface area contributed by atoms with Crippen molar-refractivity contribution in [2.24, 2.45) is 0 Å². The lowest BCUT2D eigenvalue weighted by Gasteiger charge is -2.23. The Morgan fingerprint density at radius 3 is 1.88 bits per heavy atom. The highest BCUT2D eigenvalue weighted by atomic mass is 31.3. The fourth-order valence-corrected chi connectivity index (χ4v) is 2.72. The van der Waals surface area contributed by atoms with Gasteiger partial charge >= 0.3 is 0 Å². The maximum absolute atomic E-state index is 5.21. The van der Waals surface area contributed by atoms with Crippen LogP contribution in [0.4, 0.5) is 0 Å². The molecule has 2 atom stereocenters. The van der Waals surface area contributed by atoms with Gasteiger partial charge in [0.2, 0.25) is 0 Å². The second-order valence-electron chi connectivity index (χ2n) is 0.918. The summed E-state index contributed by atoms with van der Waals surface area (Å²) in [4.78, 5) is 0. The summed E-state index contributed by atoms with van der Waals surface area (Å²) < 4.78 is 14.2. The predicted molar refractivity (Wildman–Crippen MR) is 36.9 cm³/mol. The summed E-state index contributed by atoms with van der Waals surface area (Å²) in [7, 11) is 7.88. The van der Waals surface area contributed by atoms with Crippen LogP contribution in [0.2, 0.25) is 0 Å². The van der Waals surface area contributed by atoms with Crippen LogP contribution < -0.4 is 0 Å². The molecule has 40 valence electrons. The molecule has 1 aliphatic heterocycles. The Hall–Kier alpha value is 1.30. The van der Waals surface area contributed by atoms with Crippen molar-refractivity contribution < 1.29 is 12.9 Å². The summed E-state index contributed by atoms with van der Waals surface area (Å²) in [5.41, 5.74) is 0. The molecule has 2 unspecified atom stereocenters. The van der Waals surface area contributed by atoms with Gasteiger partial charge < -0.3 is 4.31 Å². The molecule has 1 fully saturated rings. The lowest BCUT2D eigenvalue weighted by atomic mass is 10.8. The second-order valence-corrected chi connectivity index (χ2v) is 4.34. The van der Waals surface area contributed by atoms with Crippen LogP contribution >= 0.6 is 25.5 Å². The van der Waals surface area contributed by atoms with Gasteiger partial charge in [-0.3, -0.25) is 8.62 Å². The van der Waals surface area contributed by atoms with Gasteiger partial charge in [0.25, 0.3) is 0 Å². The average molecular weight is 164 g/mol. The molecule has 0 saturated carbocycles. The van der Waals surface area contributed by atoms with Crippen molar-refractivity contribution in [1.29, 1.82) is 0 Å². The lowest BCUT2D eigenvalue weighted by Crippen LogP contribution is -1.86. The molecule has 0 spiro atoms. The molecule has 0 aromatic carbocycles. The normalized spacial score (nSPS) is 42.5. The smallest absolute Gasteiger partial charge is 0.190 e. The fourth-order valence-electron chi connectivity index (χ4n) is 0.203. The Kier molecular flexibility index (Phi) is 3.21. The molecule has 0 aromatic heterocycles. The van der Waals surface area contributed by atoms with E-state index < -0.39 is 16.5 Å². The zero-order valence-corrected chi connectivity index (χ0v) is 6.56. The number of hydrogen-bond acceptors (Lipinski definition) is 3. The van der Waals surface area contributed by atoms with E-state index in [-0.39, 0.29) is 9.03 Å². The van der Waals surface area contributed by atoms with Gasteiger partial charge in [0.15, 0.2) is 24.2 Å². The molecule has 0 aliphatic carbocycles. The average Bonchev–Trinajstić information content (AvgIpc) is 1.64. The highest BCUT2D eigenvalue weighted by molar-refractivity contribution is 7.90. The highest BCUT2D eigenvalue weighted by Crippen LogP contribution is 2.61. The molecule has 1 saturated heterocycles. The maximum Gasteiger partial charge on any atom is 0.190 e. The molecule has 0 bridgehead atoms. The summed E-state index contributed by atoms with van der Waals surface area (Å²) in [6, 6.07) is 0. The van der Waals surface area contributed by atoms with Crippen LogP contribution in [-0.2, 0) is 12.9 Å². The van der Waals surface area contributed by atoms with Crippen molar-refractivity contribution in [2.45, 2.75) is 0 Å². The molecule has 8 heteroatoms. The molecule has 1 aliphatic rings. The quantitative estimate of drug-likeness (QED) is 0.399. The molecule has 4 radical (unpaired) electrons. The van der Waals surface area contributed by atoms with Crippen LogP contribution in [0.25, 0.3) is 0 Å². The minimum atomic E-state index is -1.24. The van der Waals surface area contributed by atoms with Crippen molar-refractivity contribution >= 4 is 40.7 Å². The van der Waals surface area contributed by atoms with Crippen LogP contribution in [0.5, 0.6) is 0 Å². The molecule has 8 heavy (non-hydrogen) atoms. The van der Waals surface area contributed by atoms with E-state index in [0.29, 0.717) is 0 Å². The minimum Gasteiger partial charge on any atom is -0.303 e. The number of hydrogen-bond donors (Lipinski definition) is 0. The van der Waals surface area contributed by atoms with E-state index in [9.17, 15) is 0 Å². The molecular formula is HB2O3P3. The first kappa shape index (κ1) is 7.41. The van der Waals surface area contributed by atoms with Gasteiger partial charge in [-0.05, 0) is 0 Å². The van der Waals surface area contributed by atoms with Crippen LogP contribution in [0, 0.1) is 0 Å². The van der Waals surface area contributed by atoms with Crippen LogP contribution in [0.1, 0.15) is 0 Å². The molecule has 1 rings (SSSR count). The summed E-state index contributed by atoms with van der Waals surface area (Å²) >= 11 is 0. The Balaban J connectivity index is 2.23. The largest absolute Gasteiger partial charge is 0.303 e. The Bertz CT molecular complexity index is 70.9. The molecule has 3 nitrogen and oxygen atoms in total. The van der Waals surface area contributed by atoms with E-state index in [1.165, 1.54) is 0 Å². The van der Waals surface area contributed by atoms with E-state index in [2.05, 4.69) is 0 Å².